The second-order valence-corrected chi connectivity index (χ2v) is 6.11. The van der Waals surface area contributed by atoms with Gasteiger partial charge in [0.1, 0.15) is 0 Å². The number of nitrogens with zero attached hydrogens (tertiary/aromatic N) is 1. The van der Waals surface area contributed by atoms with E-state index >= 15 is 0 Å². The second-order valence-electron chi connectivity index (χ2n) is 6.11. The minimum Gasteiger partial charge on any atom is -0.312 e. The molecule has 3 rings (SSSR count). The Morgan fingerprint density at radius 2 is 2.00 bits per heavy atom. The van der Waals surface area contributed by atoms with E-state index in [4.69, 9.17) is 0 Å². The minimum absolute atomic E-state index is 0.133. The highest BCUT2D eigenvalue weighted by Crippen LogP contribution is 2.39. The molecule has 3 unspecified atom stereocenters. The highest BCUT2D eigenvalue weighted by Gasteiger charge is 2.45. The van der Waals surface area contributed by atoms with Gasteiger partial charge in [-0.2, -0.15) is 13.2 Å². The summed E-state index contributed by atoms with van der Waals surface area (Å²) >= 11 is 0. The fourth-order valence-electron chi connectivity index (χ4n) is 3.84. The van der Waals surface area contributed by atoms with E-state index in [9.17, 15) is 13.2 Å². The van der Waals surface area contributed by atoms with Crippen LogP contribution in [0.15, 0.2) is 24.3 Å². The topological polar surface area (TPSA) is 15.3 Å². The van der Waals surface area contributed by atoms with Crippen molar-refractivity contribution in [1.29, 1.82) is 0 Å². The van der Waals surface area contributed by atoms with E-state index < -0.39 is 12.1 Å². The molecule has 3 atom stereocenters. The van der Waals surface area contributed by atoms with Gasteiger partial charge in [-0.1, -0.05) is 24.3 Å². The summed E-state index contributed by atoms with van der Waals surface area (Å²) in [7, 11) is 1.89. The lowest BCUT2D eigenvalue weighted by atomic mass is 9.94. The van der Waals surface area contributed by atoms with Crippen molar-refractivity contribution >= 4 is 0 Å². The van der Waals surface area contributed by atoms with E-state index in [1.807, 2.05) is 24.1 Å². The highest BCUT2D eigenvalue weighted by molar-refractivity contribution is 5.37. The SMILES string of the molecule is CNC1c2ccccc2CC1N1CCCC(C(F)(F)F)C1. The normalized spacial score (nSPS) is 30.4. The first-order valence-electron chi connectivity index (χ1n) is 7.56. The summed E-state index contributed by atoms with van der Waals surface area (Å²) in [6.45, 7) is 0.906. The fourth-order valence-corrected chi connectivity index (χ4v) is 3.84. The van der Waals surface area contributed by atoms with Crippen molar-refractivity contribution in [2.75, 3.05) is 20.1 Å². The first-order valence-corrected chi connectivity index (χ1v) is 7.56. The number of nitrogens with one attached hydrogen (secondary N) is 1. The average molecular weight is 298 g/mol. The van der Waals surface area contributed by atoms with E-state index in [2.05, 4.69) is 17.4 Å². The molecule has 2 aliphatic rings. The minimum atomic E-state index is -4.07. The summed E-state index contributed by atoms with van der Waals surface area (Å²) in [6.07, 6.45) is -2.33. The van der Waals surface area contributed by atoms with Gasteiger partial charge in [-0.25, -0.2) is 0 Å². The van der Waals surface area contributed by atoms with E-state index in [0.717, 1.165) is 13.0 Å². The van der Waals surface area contributed by atoms with Crippen molar-refractivity contribution in [3.8, 4) is 0 Å². The van der Waals surface area contributed by atoms with Gasteiger partial charge in [-0.3, -0.25) is 4.90 Å². The molecule has 0 amide bonds. The van der Waals surface area contributed by atoms with Crippen LogP contribution in [0.2, 0.25) is 0 Å². The molecule has 1 fully saturated rings. The Kier molecular flexibility index (Phi) is 3.97. The largest absolute Gasteiger partial charge is 0.393 e. The van der Waals surface area contributed by atoms with Crippen LogP contribution in [0.3, 0.4) is 0 Å². The summed E-state index contributed by atoms with van der Waals surface area (Å²) in [5.74, 6) is -1.17. The van der Waals surface area contributed by atoms with Crippen LogP contribution in [0.4, 0.5) is 13.2 Å². The first kappa shape index (κ1) is 14.9. The van der Waals surface area contributed by atoms with Crippen LogP contribution in [-0.4, -0.2) is 37.3 Å². The summed E-state index contributed by atoms with van der Waals surface area (Å²) in [6, 6.07) is 8.45. The number of hydrogen-bond donors (Lipinski definition) is 1. The number of piperidine rings is 1. The van der Waals surface area contributed by atoms with E-state index in [0.29, 0.717) is 6.42 Å². The maximum atomic E-state index is 13.0. The summed E-state index contributed by atoms with van der Waals surface area (Å²) in [5, 5.41) is 3.30. The lowest BCUT2D eigenvalue weighted by Gasteiger charge is -2.39. The average Bonchev–Trinajstić information content (AvgIpc) is 2.85. The van der Waals surface area contributed by atoms with Gasteiger partial charge in [0.15, 0.2) is 0 Å². The van der Waals surface area contributed by atoms with Gasteiger partial charge in [0, 0.05) is 18.6 Å². The lowest BCUT2D eigenvalue weighted by Crippen LogP contribution is -2.49. The predicted octanol–water partition coefficient (Wildman–Crippen LogP) is 3.15. The molecule has 1 aromatic carbocycles. The molecule has 5 heteroatoms. The van der Waals surface area contributed by atoms with Gasteiger partial charge in [0.2, 0.25) is 0 Å². The van der Waals surface area contributed by atoms with Gasteiger partial charge in [0.05, 0.1) is 5.92 Å². The van der Waals surface area contributed by atoms with Gasteiger partial charge < -0.3 is 5.32 Å². The van der Waals surface area contributed by atoms with E-state index in [1.165, 1.54) is 11.1 Å². The molecule has 2 nitrogen and oxygen atoms in total. The number of likely N-dealkylation sites (tertiary alicyclic amines) is 1. The molecule has 0 saturated carbocycles. The number of rotatable bonds is 2. The Balaban J connectivity index is 1.78. The Hall–Kier alpha value is -1.07. The Bertz CT molecular complexity index is 501. The van der Waals surface area contributed by atoms with Crippen LogP contribution >= 0.6 is 0 Å². The van der Waals surface area contributed by atoms with Crippen molar-refractivity contribution in [2.45, 2.75) is 37.5 Å². The lowest BCUT2D eigenvalue weighted by molar-refractivity contribution is -0.188. The van der Waals surface area contributed by atoms with Crippen molar-refractivity contribution in [3.05, 3.63) is 35.4 Å². The monoisotopic (exact) mass is 298 g/mol. The van der Waals surface area contributed by atoms with Crippen molar-refractivity contribution in [2.24, 2.45) is 5.92 Å². The van der Waals surface area contributed by atoms with Crippen molar-refractivity contribution < 1.29 is 13.2 Å². The van der Waals surface area contributed by atoms with Gasteiger partial charge >= 0.3 is 6.18 Å². The maximum Gasteiger partial charge on any atom is 0.393 e. The van der Waals surface area contributed by atoms with Crippen LogP contribution in [0.5, 0.6) is 0 Å². The third-order valence-corrected chi connectivity index (χ3v) is 4.90. The molecule has 1 aliphatic heterocycles. The molecular weight excluding hydrogens is 277 g/mol. The number of benzene rings is 1. The molecule has 1 aliphatic carbocycles. The number of likely N-dealkylation sites (N-methyl/N-ethyl adjacent to an activating group) is 1. The maximum absolute atomic E-state index is 13.0. The predicted molar refractivity (Wildman–Crippen MR) is 76.1 cm³/mol. The van der Waals surface area contributed by atoms with Crippen LogP contribution < -0.4 is 5.32 Å². The van der Waals surface area contributed by atoms with Gasteiger partial charge in [-0.15, -0.1) is 0 Å². The summed E-state index contributed by atoms with van der Waals surface area (Å²) < 4.78 is 39.0. The smallest absolute Gasteiger partial charge is 0.312 e. The van der Waals surface area contributed by atoms with Crippen LogP contribution in [0.25, 0.3) is 0 Å². The van der Waals surface area contributed by atoms with E-state index in [1.54, 1.807) is 0 Å². The van der Waals surface area contributed by atoms with Crippen LogP contribution in [-0.2, 0) is 6.42 Å². The molecule has 0 aromatic heterocycles. The number of alkyl halides is 3. The molecule has 116 valence electrons. The van der Waals surface area contributed by atoms with Crippen molar-refractivity contribution in [3.63, 3.8) is 0 Å². The molecule has 1 saturated heterocycles. The summed E-state index contributed by atoms with van der Waals surface area (Å²) in [4.78, 5) is 2.04. The fraction of sp³-hybridized carbons (Fsp3) is 0.625. The summed E-state index contributed by atoms with van der Waals surface area (Å²) in [5.41, 5.74) is 2.50. The van der Waals surface area contributed by atoms with Crippen molar-refractivity contribution in [1.82, 2.24) is 10.2 Å². The third-order valence-electron chi connectivity index (χ3n) is 4.90. The zero-order valence-electron chi connectivity index (χ0n) is 12.2. The first-order chi connectivity index (χ1) is 10.0. The Labute approximate surface area is 123 Å². The molecule has 0 bridgehead atoms. The Morgan fingerprint density at radius 3 is 2.71 bits per heavy atom. The standard InChI is InChI=1S/C16H21F3N2/c1-20-15-13-7-3-2-5-11(13)9-14(15)21-8-4-6-12(10-21)16(17,18)19/h2-3,5,7,12,14-15,20H,4,6,8-10H2,1H3. The second kappa shape index (κ2) is 5.61. The molecular formula is C16H21F3N2. The van der Waals surface area contributed by atoms with Gasteiger partial charge in [0.25, 0.3) is 0 Å². The molecule has 0 spiro atoms. The third kappa shape index (κ3) is 2.81. The molecule has 21 heavy (non-hydrogen) atoms. The number of hydrogen-bond acceptors (Lipinski definition) is 2. The zero-order chi connectivity index (χ0) is 15.0. The molecule has 1 heterocycles. The van der Waals surface area contributed by atoms with Crippen LogP contribution in [0, 0.1) is 5.92 Å². The molecule has 1 aromatic rings. The quantitative estimate of drug-likeness (QED) is 0.902. The molecule has 1 N–H and O–H groups in total. The zero-order valence-corrected chi connectivity index (χ0v) is 12.2. The number of fused-ring (bicyclic) bond motifs is 1. The van der Waals surface area contributed by atoms with E-state index in [-0.39, 0.29) is 25.0 Å². The van der Waals surface area contributed by atoms with Gasteiger partial charge in [-0.05, 0) is 44.0 Å². The number of halogens is 3. The highest BCUT2D eigenvalue weighted by atomic mass is 19.4. The Morgan fingerprint density at radius 1 is 1.24 bits per heavy atom. The molecule has 0 radical (unpaired) electrons. The van der Waals surface area contributed by atoms with Crippen LogP contribution in [0.1, 0.15) is 30.0 Å².